The number of nitrogens with zero attached hydrogens (tertiary/aromatic N) is 4. The fraction of sp³-hybridized carbons (Fsp3) is 0.167. The average molecular weight is 495 g/mol. The molecule has 0 aliphatic rings. The first-order valence-electron chi connectivity index (χ1n) is 10.3. The monoisotopic (exact) mass is 494 g/mol. The zero-order chi connectivity index (χ0) is 24.9. The largest absolute Gasteiger partial charge is 0.496 e. The van der Waals surface area contributed by atoms with E-state index in [-0.39, 0.29) is 0 Å². The Labute approximate surface area is 206 Å². The highest BCUT2D eigenvalue weighted by atomic mass is 35.5. The highest BCUT2D eigenvalue weighted by Gasteiger charge is 2.15. The highest BCUT2D eigenvalue weighted by molar-refractivity contribution is 6.33. The zero-order valence-corrected chi connectivity index (χ0v) is 20.3. The Morgan fingerprint density at radius 2 is 1.46 bits per heavy atom. The molecule has 0 amide bonds. The summed E-state index contributed by atoms with van der Waals surface area (Å²) in [6, 6.07) is 7.12. The number of nitrogens with two attached hydrogens (primary N) is 1. The van der Waals surface area contributed by atoms with Crippen molar-refractivity contribution in [3.8, 4) is 34.4 Å². The van der Waals surface area contributed by atoms with Gasteiger partial charge in [-0.1, -0.05) is 11.6 Å². The Hall–Kier alpha value is -4.31. The average Bonchev–Trinajstić information content (AvgIpc) is 3.27. The number of H-pyrrole nitrogens is 1. The number of hydrogen-bond donors (Lipinski definition) is 2. The molecule has 0 atom stereocenters. The Morgan fingerprint density at radius 3 is 2.17 bits per heavy atom. The molecule has 0 spiro atoms. The van der Waals surface area contributed by atoms with Crippen molar-refractivity contribution < 1.29 is 18.9 Å². The van der Waals surface area contributed by atoms with E-state index in [0.717, 1.165) is 27.7 Å². The summed E-state index contributed by atoms with van der Waals surface area (Å²) in [6.07, 6.45) is 6.52. The quantitative estimate of drug-likeness (QED) is 0.362. The Morgan fingerprint density at radius 1 is 0.800 bits per heavy atom. The van der Waals surface area contributed by atoms with Crippen LogP contribution in [0.5, 0.6) is 23.3 Å². The maximum absolute atomic E-state index is 6.13. The maximum atomic E-state index is 6.13. The maximum Gasteiger partial charge on any atom is 0.213 e. The lowest BCUT2D eigenvalue weighted by molar-refractivity contribution is 0.398. The second-order valence-electron chi connectivity index (χ2n) is 7.11. The van der Waals surface area contributed by atoms with Crippen molar-refractivity contribution in [1.82, 2.24) is 24.9 Å². The van der Waals surface area contributed by atoms with E-state index in [2.05, 4.69) is 24.9 Å². The van der Waals surface area contributed by atoms with E-state index >= 15 is 0 Å². The summed E-state index contributed by atoms with van der Waals surface area (Å²) >= 11 is 6.13. The van der Waals surface area contributed by atoms with Crippen LogP contribution in [0.1, 0.15) is 0 Å². The van der Waals surface area contributed by atoms with Crippen LogP contribution in [0.3, 0.4) is 0 Å². The third kappa shape index (κ3) is 4.69. The smallest absolute Gasteiger partial charge is 0.213 e. The molecule has 0 unspecified atom stereocenters. The molecule has 0 aliphatic heterocycles. The van der Waals surface area contributed by atoms with Crippen molar-refractivity contribution in [2.75, 3.05) is 34.2 Å². The van der Waals surface area contributed by atoms with Crippen LogP contribution < -0.4 is 24.7 Å². The molecule has 0 aliphatic carbocycles. The van der Waals surface area contributed by atoms with Crippen LogP contribution >= 0.6 is 11.6 Å². The number of ether oxygens (including phenoxy) is 4. The predicted octanol–water partition coefficient (Wildman–Crippen LogP) is 4.52. The van der Waals surface area contributed by atoms with Gasteiger partial charge in [-0.25, -0.2) is 19.9 Å². The molecule has 0 saturated heterocycles. The molecule has 0 bridgehead atoms. The minimum absolute atomic E-state index is 0.338. The van der Waals surface area contributed by atoms with E-state index in [9.17, 15) is 0 Å². The molecule has 0 fully saturated rings. The molecule has 0 saturated carbocycles. The lowest BCUT2D eigenvalue weighted by Crippen LogP contribution is -1.98. The van der Waals surface area contributed by atoms with Crippen molar-refractivity contribution in [3.05, 3.63) is 54.1 Å². The number of aromatic nitrogens is 5. The van der Waals surface area contributed by atoms with Crippen molar-refractivity contribution in [2.24, 2.45) is 0 Å². The van der Waals surface area contributed by atoms with Gasteiger partial charge in [0.05, 0.1) is 62.3 Å². The van der Waals surface area contributed by atoms with Crippen LogP contribution in [0.2, 0.25) is 5.02 Å². The fourth-order valence-corrected chi connectivity index (χ4v) is 3.77. The summed E-state index contributed by atoms with van der Waals surface area (Å²) in [5.41, 5.74) is 8.88. The summed E-state index contributed by atoms with van der Waals surface area (Å²) < 4.78 is 20.8. The number of anilines is 1. The van der Waals surface area contributed by atoms with Gasteiger partial charge in [-0.15, -0.1) is 0 Å². The topological polar surface area (TPSA) is 130 Å². The Balaban J connectivity index is 0.000000165. The van der Waals surface area contributed by atoms with E-state index in [1.165, 1.54) is 13.3 Å². The lowest BCUT2D eigenvalue weighted by atomic mass is 10.1. The van der Waals surface area contributed by atoms with Gasteiger partial charge in [0.15, 0.2) is 0 Å². The summed E-state index contributed by atoms with van der Waals surface area (Å²) in [5.74, 6) is 2.74. The lowest BCUT2D eigenvalue weighted by Gasteiger charge is -2.12. The van der Waals surface area contributed by atoms with E-state index in [0.29, 0.717) is 39.5 Å². The van der Waals surface area contributed by atoms with Crippen LogP contribution in [0, 0.1) is 0 Å². The normalized spacial score (nSPS) is 10.5. The van der Waals surface area contributed by atoms with E-state index in [1.54, 1.807) is 52.1 Å². The molecule has 180 valence electrons. The van der Waals surface area contributed by atoms with Gasteiger partial charge in [-0.3, -0.25) is 0 Å². The van der Waals surface area contributed by atoms with E-state index in [1.807, 2.05) is 12.1 Å². The number of hydrogen-bond acceptors (Lipinski definition) is 9. The predicted molar refractivity (Wildman–Crippen MR) is 134 cm³/mol. The van der Waals surface area contributed by atoms with Crippen molar-refractivity contribution in [3.63, 3.8) is 0 Å². The standard InChI is InChI=1S/C12H12ClN3O2.C12H11N3O2/c1-17-9-3-4-15-12(14)11(9)7-5-10(18-2)16-6-8(7)13;1-16-9-3-4-13-12-11(9)7-5-10(17-2)14-6-8(7)15-12/h3-6H,1-2H3,(H2,14,15);3-6H,1-2H3,(H,13,15). The molecule has 5 aromatic rings. The van der Waals surface area contributed by atoms with Gasteiger partial charge in [0.2, 0.25) is 11.8 Å². The fourth-order valence-electron chi connectivity index (χ4n) is 3.57. The van der Waals surface area contributed by atoms with Gasteiger partial charge in [-0.2, -0.15) is 0 Å². The molecule has 10 nitrogen and oxygen atoms in total. The highest BCUT2D eigenvalue weighted by Crippen LogP contribution is 2.39. The van der Waals surface area contributed by atoms with E-state index in [4.69, 9.17) is 36.3 Å². The molecule has 0 aromatic carbocycles. The summed E-state index contributed by atoms with van der Waals surface area (Å²) in [4.78, 5) is 19.7. The molecule has 11 heteroatoms. The third-order valence-electron chi connectivity index (χ3n) is 5.21. The van der Waals surface area contributed by atoms with Crippen molar-refractivity contribution in [2.45, 2.75) is 0 Å². The molecule has 5 rings (SSSR count). The second kappa shape index (κ2) is 10.3. The third-order valence-corrected chi connectivity index (χ3v) is 5.51. The van der Waals surface area contributed by atoms with Crippen LogP contribution in [-0.2, 0) is 0 Å². The van der Waals surface area contributed by atoms with Gasteiger partial charge in [0, 0.05) is 35.5 Å². The molecule has 3 N–H and O–H groups in total. The van der Waals surface area contributed by atoms with Gasteiger partial charge in [0.1, 0.15) is 23.0 Å². The molecular weight excluding hydrogens is 472 g/mol. The number of aromatic amines is 1. The number of rotatable bonds is 5. The number of nitrogen functional groups attached to an aromatic ring is 1. The molecule has 5 aromatic heterocycles. The van der Waals surface area contributed by atoms with Crippen LogP contribution in [0.25, 0.3) is 33.1 Å². The summed E-state index contributed by atoms with van der Waals surface area (Å²) in [7, 11) is 6.33. The first kappa shape index (κ1) is 23.8. The van der Waals surface area contributed by atoms with Gasteiger partial charge < -0.3 is 29.7 Å². The zero-order valence-electron chi connectivity index (χ0n) is 19.5. The Bertz CT molecular complexity index is 1490. The van der Waals surface area contributed by atoms with Crippen molar-refractivity contribution in [1.29, 1.82) is 0 Å². The van der Waals surface area contributed by atoms with Gasteiger partial charge in [0.25, 0.3) is 0 Å². The molecule has 5 heterocycles. The minimum Gasteiger partial charge on any atom is -0.496 e. The number of pyridine rings is 4. The number of fused-ring (bicyclic) bond motifs is 3. The second-order valence-corrected chi connectivity index (χ2v) is 7.52. The molecular formula is C24H23ClN6O4. The number of methoxy groups -OCH3 is 4. The van der Waals surface area contributed by atoms with Gasteiger partial charge in [-0.05, 0) is 12.1 Å². The van der Waals surface area contributed by atoms with E-state index < -0.39 is 0 Å². The first-order valence-corrected chi connectivity index (χ1v) is 10.7. The minimum atomic E-state index is 0.338. The van der Waals surface area contributed by atoms with Gasteiger partial charge >= 0.3 is 0 Å². The van der Waals surface area contributed by atoms with Crippen LogP contribution in [-0.4, -0.2) is 53.4 Å². The van der Waals surface area contributed by atoms with Crippen LogP contribution in [0.15, 0.2) is 49.1 Å². The summed E-state index contributed by atoms with van der Waals surface area (Å²) in [6.45, 7) is 0. The summed E-state index contributed by atoms with van der Waals surface area (Å²) in [5, 5.41) is 2.40. The number of halogens is 1. The van der Waals surface area contributed by atoms with Crippen LogP contribution in [0.4, 0.5) is 5.82 Å². The first-order chi connectivity index (χ1) is 17.0. The Kier molecular flexibility index (Phi) is 7.02. The number of nitrogens with one attached hydrogen (secondary N) is 1. The molecule has 0 radical (unpaired) electrons. The molecule has 35 heavy (non-hydrogen) atoms. The SMILES string of the molecule is COc1cc(-c2c(OC)ccnc2N)c(Cl)cn1.COc1cc2c(cn1)[nH]c1nccc(OC)c12. The van der Waals surface area contributed by atoms with Crippen molar-refractivity contribution >= 4 is 39.4 Å².